The zero-order valence-corrected chi connectivity index (χ0v) is 8.79. The van der Waals surface area contributed by atoms with E-state index in [9.17, 15) is 4.79 Å². The van der Waals surface area contributed by atoms with Crippen LogP contribution in [0.25, 0.3) is 0 Å². The molecule has 16 heavy (non-hydrogen) atoms. The number of aliphatic hydroxyl groups excluding tert-OH is 1. The molecule has 0 radical (unpaired) electrons. The zero-order chi connectivity index (χ0) is 11.8. The number of nitrogens with two attached hydrogens (primary N) is 1. The van der Waals surface area contributed by atoms with E-state index in [0.29, 0.717) is 0 Å². The van der Waals surface area contributed by atoms with Crippen LogP contribution in [-0.4, -0.2) is 34.2 Å². The van der Waals surface area contributed by atoms with Gasteiger partial charge >= 0.3 is 5.69 Å². The molecule has 0 aromatic carbocycles. The molecular weight excluding hydrogens is 214 g/mol. The molecule has 7 heteroatoms. The lowest BCUT2D eigenvalue weighted by Crippen LogP contribution is -2.42. The third-order valence-corrected chi connectivity index (χ3v) is 2.41. The third kappa shape index (κ3) is 1.80. The molecule has 2 atom stereocenters. The molecule has 1 fully saturated rings. The topological polar surface area (TPSA) is 99.6 Å². The summed E-state index contributed by atoms with van der Waals surface area (Å²) in [6.07, 6.45) is 0.780. The summed E-state index contributed by atoms with van der Waals surface area (Å²) in [5.74, 6) is 0.155. The summed E-state index contributed by atoms with van der Waals surface area (Å²) in [5, 5.41) is 8.89. The molecule has 1 aliphatic rings. The lowest BCUT2D eigenvalue weighted by molar-refractivity contribution is -0.134. The number of anilines is 1. The zero-order valence-electron chi connectivity index (χ0n) is 8.79. The van der Waals surface area contributed by atoms with E-state index in [1.807, 2.05) is 0 Å². The monoisotopic (exact) mass is 227 g/mol. The van der Waals surface area contributed by atoms with Gasteiger partial charge in [-0.3, -0.25) is 4.57 Å². The van der Waals surface area contributed by atoms with Crippen LogP contribution < -0.4 is 11.4 Å². The Hall–Kier alpha value is -1.44. The van der Waals surface area contributed by atoms with Gasteiger partial charge in [0, 0.05) is 6.20 Å². The fourth-order valence-corrected chi connectivity index (χ4v) is 1.59. The van der Waals surface area contributed by atoms with Crippen molar-refractivity contribution in [3.8, 4) is 0 Å². The summed E-state index contributed by atoms with van der Waals surface area (Å²) in [4.78, 5) is 15.2. The minimum atomic E-state index is -0.953. The molecule has 0 amide bonds. The maximum atomic E-state index is 11.6. The van der Waals surface area contributed by atoms with E-state index in [4.69, 9.17) is 20.3 Å². The van der Waals surface area contributed by atoms with Gasteiger partial charge in [-0.1, -0.05) is 0 Å². The Morgan fingerprint density at radius 2 is 2.56 bits per heavy atom. The van der Waals surface area contributed by atoms with Gasteiger partial charge < -0.3 is 20.3 Å². The van der Waals surface area contributed by atoms with Crippen LogP contribution in [0.3, 0.4) is 0 Å². The molecule has 1 saturated heterocycles. The molecule has 1 aliphatic heterocycles. The van der Waals surface area contributed by atoms with E-state index < -0.39 is 17.7 Å². The van der Waals surface area contributed by atoms with Crippen LogP contribution in [0.1, 0.15) is 6.92 Å². The molecule has 7 nitrogen and oxygen atoms in total. The van der Waals surface area contributed by atoms with Gasteiger partial charge in [-0.05, 0) is 13.0 Å². The van der Waals surface area contributed by atoms with Gasteiger partial charge in [0.25, 0.3) is 0 Å². The number of hydrogen-bond acceptors (Lipinski definition) is 6. The number of nitrogens with zero attached hydrogens (tertiary/aromatic N) is 2. The minimum Gasteiger partial charge on any atom is -0.391 e. The predicted octanol–water partition coefficient (Wildman–Crippen LogP) is -1.14. The molecule has 2 rings (SSSR count). The molecule has 2 heterocycles. The Kier molecular flexibility index (Phi) is 2.66. The van der Waals surface area contributed by atoms with Crippen LogP contribution in [0.2, 0.25) is 0 Å². The number of hydrogen-bond donors (Lipinski definition) is 2. The normalized spacial score (nSPS) is 29.5. The third-order valence-electron chi connectivity index (χ3n) is 2.41. The molecule has 0 bridgehead atoms. The Balaban J connectivity index is 2.34. The summed E-state index contributed by atoms with van der Waals surface area (Å²) in [5.41, 5.74) is 3.92. The first-order valence-electron chi connectivity index (χ1n) is 4.81. The smallest absolute Gasteiger partial charge is 0.351 e. The Labute approximate surface area is 91.4 Å². The van der Waals surface area contributed by atoms with Crippen molar-refractivity contribution in [3.05, 3.63) is 22.7 Å². The van der Waals surface area contributed by atoms with Crippen molar-refractivity contribution in [2.45, 2.75) is 18.9 Å². The Bertz CT molecular complexity index is 447. The van der Waals surface area contributed by atoms with Crippen molar-refractivity contribution in [1.82, 2.24) is 9.55 Å². The molecule has 1 aromatic rings. The number of aromatic nitrogens is 2. The second kappa shape index (κ2) is 3.85. The van der Waals surface area contributed by atoms with Crippen molar-refractivity contribution >= 4 is 5.82 Å². The summed E-state index contributed by atoms with van der Waals surface area (Å²) >= 11 is 0. The van der Waals surface area contributed by atoms with E-state index in [-0.39, 0.29) is 19.0 Å². The quantitative estimate of drug-likeness (QED) is 0.662. The molecule has 3 N–H and O–H groups in total. The molecule has 0 spiro atoms. The average Bonchev–Trinajstić information content (AvgIpc) is 2.61. The molecule has 1 aromatic heterocycles. The maximum absolute atomic E-state index is 11.6. The first-order valence-corrected chi connectivity index (χ1v) is 4.81. The lowest BCUT2D eigenvalue weighted by atomic mass is 10.3. The van der Waals surface area contributed by atoms with Crippen molar-refractivity contribution in [2.24, 2.45) is 0 Å². The SMILES string of the molecule is C[C@]1(n2ccc(N)nc2=O)CO[C@@H](CO)O1. The highest BCUT2D eigenvalue weighted by Gasteiger charge is 2.39. The van der Waals surface area contributed by atoms with Gasteiger partial charge in [0.1, 0.15) is 5.82 Å². The maximum Gasteiger partial charge on any atom is 0.351 e. The number of rotatable bonds is 2. The minimum absolute atomic E-state index is 0.155. The van der Waals surface area contributed by atoms with Crippen LogP contribution in [0.4, 0.5) is 5.82 Å². The van der Waals surface area contributed by atoms with Crippen molar-refractivity contribution in [2.75, 3.05) is 18.9 Å². The van der Waals surface area contributed by atoms with Gasteiger partial charge in [0.15, 0.2) is 12.0 Å². The second-order valence-corrected chi connectivity index (χ2v) is 3.72. The highest BCUT2D eigenvalue weighted by Crippen LogP contribution is 2.26. The van der Waals surface area contributed by atoms with E-state index in [1.54, 1.807) is 6.92 Å². The van der Waals surface area contributed by atoms with Crippen LogP contribution in [0.5, 0.6) is 0 Å². The summed E-state index contributed by atoms with van der Waals surface area (Å²) < 4.78 is 11.9. The van der Waals surface area contributed by atoms with E-state index in [0.717, 1.165) is 0 Å². The number of nitrogen functional groups attached to an aromatic ring is 1. The van der Waals surface area contributed by atoms with Crippen molar-refractivity contribution in [1.29, 1.82) is 0 Å². The largest absolute Gasteiger partial charge is 0.391 e. The predicted molar refractivity (Wildman–Crippen MR) is 54.5 cm³/mol. The number of ether oxygens (including phenoxy) is 2. The van der Waals surface area contributed by atoms with Gasteiger partial charge in [0.05, 0.1) is 13.2 Å². The summed E-state index contributed by atoms with van der Waals surface area (Å²) in [7, 11) is 0. The van der Waals surface area contributed by atoms with Crippen molar-refractivity contribution < 1.29 is 14.6 Å². The van der Waals surface area contributed by atoms with E-state index in [2.05, 4.69) is 4.98 Å². The van der Waals surface area contributed by atoms with Crippen LogP contribution in [0, 0.1) is 0 Å². The summed E-state index contributed by atoms with van der Waals surface area (Å²) in [6, 6.07) is 1.50. The highest BCUT2D eigenvalue weighted by molar-refractivity contribution is 5.23. The molecule has 88 valence electrons. The lowest BCUT2D eigenvalue weighted by Gasteiger charge is -2.24. The summed E-state index contributed by atoms with van der Waals surface area (Å²) in [6.45, 7) is 1.60. The Morgan fingerprint density at radius 1 is 1.81 bits per heavy atom. The first kappa shape index (κ1) is 11.1. The second-order valence-electron chi connectivity index (χ2n) is 3.72. The van der Waals surface area contributed by atoms with Crippen LogP contribution in [-0.2, 0) is 15.2 Å². The first-order chi connectivity index (χ1) is 7.55. The van der Waals surface area contributed by atoms with E-state index in [1.165, 1.54) is 16.8 Å². The van der Waals surface area contributed by atoms with Gasteiger partial charge in [-0.2, -0.15) is 4.98 Å². The fourth-order valence-electron chi connectivity index (χ4n) is 1.59. The fraction of sp³-hybridized carbons (Fsp3) is 0.556. The molecule has 0 saturated carbocycles. The van der Waals surface area contributed by atoms with Crippen molar-refractivity contribution in [3.63, 3.8) is 0 Å². The standard InChI is InChI=1S/C9H13N3O4/c1-9(5-15-7(4-13)16-9)12-3-2-6(10)11-8(12)14/h2-3,7,13H,4-5H2,1H3,(H2,10,11,14)/t7-,9-/m1/s1. The van der Waals surface area contributed by atoms with Crippen LogP contribution >= 0.6 is 0 Å². The average molecular weight is 227 g/mol. The van der Waals surface area contributed by atoms with Crippen LogP contribution in [0.15, 0.2) is 17.1 Å². The molecular formula is C9H13N3O4. The van der Waals surface area contributed by atoms with Gasteiger partial charge in [-0.25, -0.2) is 4.79 Å². The van der Waals surface area contributed by atoms with Gasteiger partial charge in [0.2, 0.25) is 0 Å². The highest BCUT2D eigenvalue weighted by atomic mass is 16.7. The number of aliphatic hydroxyl groups is 1. The Morgan fingerprint density at radius 3 is 3.12 bits per heavy atom. The van der Waals surface area contributed by atoms with Gasteiger partial charge in [-0.15, -0.1) is 0 Å². The molecule has 0 unspecified atom stereocenters. The molecule has 0 aliphatic carbocycles. The van der Waals surface area contributed by atoms with E-state index >= 15 is 0 Å².